The number of hydrogen-bond acceptors (Lipinski definition) is 6. The number of nitro groups is 1. The zero-order valence-corrected chi connectivity index (χ0v) is 16.0. The molecule has 2 N–H and O–H groups in total. The van der Waals surface area contributed by atoms with Crippen LogP contribution in [0.5, 0.6) is 0 Å². The zero-order chi connectivity index (χ0) is 21.5. The molecule has 0 aromatic heterocycles. The fourth-order valence-corrected chi connectivity index (χ4v) is 6.22. The Morgan fingerprint density at radius 1 is 1.25 bits per heavy atom. The number of sulfonamides is 1. The van der Waals surface area contributed by atoms with Crippen LogP contribution in [-0.2, 0) is 19.6 Å². The van der Waals surface area contributed by atoms with Gasteiger partial charge >= 0.3 is 11.9 Å². The van der Waals surface area contributed by atoms with E-state index in [1.165, 1.54) is 6.08 Å². The van der Waals surface area contributed by atoms with Gasteiger partial charge in [0.15, 0.2) is 0 Å². The SMILES string of the molecule is C=CC1(CC)C(CC)N(S(=O)(=O)c2ccc([N+](=O)[O-])cc2)C1(C(=O)O)C(=O)O. The van der Waals surface area contributed by atoms with Crippen LogP contribution in [0, 0.1) is 15.5 Å². The normalized spacial score (nSPS) is 24.1. The Labute approximate surface area is 161 Å². The van der Waals surface area contributed by atoms with Crippen LogP contribution in [0.25, 0.3) is 0 Å². The smallest absolute Gasteiger partial charge is 0.337 e. The average Bonchev–Trinajstić information content (AvgIpc) is 2.61. The van der Waals surface area contributed by atoms with Gasteiger partial charge in [-0.05, 0) is 25.0 Å². The van der Waals surface area contributed by atoms with Crippen LogP contribution in [0.1, 0.15) is 26.7 Å². The molecule has 1 fully saturated rings. The summed E-state index contributed by atoms with van der Waals surface area (Å²) in [5.74, 6) is -3.64. The van der Waals surface area contributed by atoms with Crippen molar-refractivity contribution in [3.8, 4) is 0 Å². The van der Waals surface area contributed by atoms with E-state index in [4.69, 9.17) is 0 Å². The zero-order valence-electron chi connectivity index (χ0n) is 15.2. The van der Waals surface area contributed by atoms with E-state index in [1.807, 2.05) is 0 Å². The molecule has 2 unspecified atom stereocenters. The summed E-state index contributed by atoms with van der Waals surface area (Å²) in [4.78, 5) is 33.9. The highest BCUT2D eigenvalue weighted by Crippen LogP contribution is 2.59. The molecule has 2 atom stereocenters. The van der Waals surface area contributed by atoms with Gasteiger partial charge in [-0.1, -0.05) is 19.9 Å². The lowest BCUT2D eigenvalue weighted by molar-refractivity contribution is -0.384. The first kappa shape index (κ1) is 21.5. The van der Waals surface area contributed by atoms with Crippen molar-refractivity contribution in [1.29, 1.82) is 0 Å². The van der Waals surface area contributed by atoms with Crippen LogP contribution in [0.2, 0.25) is 0 Å². The van der Waals surface area contributed by atoms with Crippen LogP contribution < -0.4 is 0 Å². The Kier molecular flexibility index (Phi) is 5.37. The minimum absolute atomic E-state index is 0.0416. The fourth-order valence-electron chi connectivity index (χ4n) is 4.15. The van der Waals surface area contributed by atoms with E-state index >= 15 is 0 Å². The standard InChI is InChI=1S/C17H20N2O8S/c1-4-13-16(5-2,6-3)17(14(20)21,15(22)23)18(13)28(26,27)12-9-7-11(8-10-12)19(24)25/h5,7-10,13H,2,4,6H2,1,3H3,(H,20,21)(H,22,23). The minimum atomic E-state index is -4.59. The average molecular weight is 412 g/mol. The summed E-state index contributed by atoms with van der Waals surface area (Å²) in [5.41, 5.74) is -4.65. The molecule has 10 nitrogen and oxygen atoms in total. The molecular formula is C17H20N2O8S. The first-order chi connectivity index (χ1) is 13.0. The lowest BCUT2D eigenvalue weighted by atomic mass is 9.55. The second-order valence-corrected chi connectivity index (χ2v) is 8.21. The summed E-state index contributed by atoms with van der Waals surface area (Å²) in [6.45, 7) is 6.77. The van der Waals surface area contributed by atoms with E-state index in [0.717, 1.165) is 24.3 Å². The Bertz CT molecular complexity index is 926. The van der Waals surface area contributed by atoms with Crippen molar-refractivity contribution in [3.63, 3.8) is 0 Å². The van der Waals surface area contributed by atoms with Gasteiger partial charge in [0.25, 0.3) is 5.69 Å². The maximum absolute atomic E-state index is 13.2. The van der Waals surface area contributed by atoms with Crippen LogP contribution in [0.4, 0.5) is 5.69 Å². The van der Waals surface area contributed by atoms with E-state index in [2.05, 4.69) is 6.58 Å². The van der Waals surface area contributed by atoms with Crippen molar-refractivity contribution >= 4 is 27.6 Å². The van der Waals surface area contributed by atoms with Crippen LogP contribution >= 0.6 is 0 Å². The van der Waals surface area contributed by atoms with E-state index < -0.39 is 48.8 Å². The third-order valence-corrected chi connectivity index (χ3v) is 7.36. The summed E-state index contributed by atoms with van der Waals surface area (Å²) < 4.78 is 26.9. The van der Waals surface area contributed by atoms with Crippen molar-refractivity contribution in [1.82, 2.24) is 4.31 Å². The molecule has 2 rings (SSSR count). The van der Waals surface area contributed by atoms with Crippen molar-refractivity contribution in [2.45, 2.75) is 43.2 Å². The molecule has 0 aliphatic carbocycles. The number of rotatable bonds is 8. The number of carboxylic acids is 2. The van der Waals surface area contributed by atoms with Gasteiger partial charge < -0.3 is 10.2 Å². The molecule has 1 aliphatic heterocycles. The first-order valence-electron chi connectivity index (χ1n) is 8.38. The highest BCUT2D eigenvalue weighted by Gasteiger charge is 2.80. The van der Waals surface area contributed by atoms with Gasteiger partial charge in [0.1, 0.15) is 0 Å². The predicted octanol–water partition coefficient (Wildman–Crippen LogP) is 1.87. The molecule has 0 saturated carbocycles. The summed E-state index contributed by atoms with van der Waals surface area (Å²) in [6, 6.07) is 2.86. The number of carbonyl (C=O) groups is 2. The molecule has 0 amide bonds. The molecule has 11 heteroatoms. The van der Waals surface area contributed by atoms with E-state index in [9.17, 15) is 38.3 Å². The largest absolute Gasteiger partial charge is 0.479 e. The van der Waals surface area contributed by atoms with Gasteiger partial charge in [0.2, 0.25) is 15.6 Å². The Morgan fingerprint density at radius 3 is 2.07 bits per heavy atom. The third kappa shape index (κ3) is 2.46. The van der Waals surface area contributed by atoms with Gasteiger partial charge in [-0.15, -0.1) is 6.58 Å². The molecule has 0 spiro atoms. The van der Waals surface area contributed by atoms with E-state index in [-0.39, 0.29) is 18.5 Å². The van der Waals surface area contributed by atoms with Crippen molar-refractivity contribution in [3.05, 3.63) is 47.0 Å². The van der Waals surface area contributed by atoms with Crippen LogP contribution in [0.3, 0.4) is 0 Å². The molecule has 152 valence electrons. The van der Waals surface area contributed by atoms with E-state index in [0.29, 0.717) is 4.31 Å². The molecular weight excluding hydrogens is 392 g/mol. The van der Waals surface area contributed by atoms with Crippen molar-refractivity contribution in [2.24, 2.45) is 5.41 Å². The van der Waals surface area contributed by atoms with Gasteiger partial charge in [0, 0.05) is 23.6 Å². The molecule has 28 heavy (non-hydrogen) atoms. The van der Waals surface area contributed by atoms with Gasteiger partial charge in [-0.25, -0.2) is 18.0 Å². The van der Waals surface area contributed by atoms with Gasteiger partial charge in [-0.3, -0.25) is 10.1 Å². The van der Waals surface area contributed by atoms with E-state index in [1.54, 1.807) is 13.8 Å². The van der Waals surface area contributed by atoms with Crippen molar-refractivity contribution in [2.75, 3.05) is 0 Å². The lowest BCUT2D eigenvalue weighted by Gasteiger charge is -2.64. The number of nitro benzene ring substituents is 1. The summed E-state index contributed by atoms with van der Waals surface area (Å²) in [6.07, 6.45) is 1.39. The fraction of sp³-hybridized carbons (Fsp3) is 0.412. The van der Waals surface area contributed by atoms with Gasteiger partial charge in [0.05, 0.1) is 9.82 Å². The number of carboxylic acid groups (broad SMARTS) is 2. The number of non-ortho nitro benzene ring substituents is 1. The quantitative estimate of drug-likeness (QED) is 0.284. The molecule has 0 radical (unpaired) electrons. The monoisotopic (exact) mass is 412 g/mol. The number of aliphatic carboxylic acids is 2. The molecule has 1 saturated heterocycles. The number of hydrogen-bond donors (Lipinski definition) is 2. The van der Waals surface area contributed by atoms with Crippen LogP contribution in [0.15, 0.2) is 41.8 Å². The molecule has 1 heterocycles. The van der Waals surface area contributed by atoms with Crippen molar-refractivity contribution < 1.29 is 33.1 Å². The molecule has 1 aromatic carbocycles. The minimum Gasteiger partial charge on any atom is -0.479 e. The maximum atomic E-state index is 13.2. The predicted molar refractivity (Wildman–Crippen MR) is 97.1 cm³/mol. The molecule has 1 aromatic rings. The molecule has 1 aliphatic rings. The second kappa shape index (κ2) is 6.99. The third-order valence-electron chi connectivity index (χ3n) is 5.44. The second-order valence-electron chi connectivity index (χ2n) is 6.39. The summed E-state index contributed by atoms with van der Waals surface area (Å²) >= 11 is 0. The Hall–Kier alpha value is -2.79. The lowest BCUT2D eigenvalue weighted by Crippen LogP contribution is -2.85. The Morgan fingerprint density at radius 2 is 1.75 bits per heavy atom. The summed E-state index contributed by atoms with van der Waals surface area (Å²) in [7, 11) is -4.59. The maximum Gasteiger partial charge on any atom is 0.337 e. The molecule has 0 bridgehead atoms. The van der Waals surface area contributed by atoms with Crippen LogP contribution in [-0.4, -0.2) is 51.4 Å². The highest BCUT2D eigenvalue weighted by atomic mass is 32.2. The topological polar surface area (TPSA) is 155 Å². The van der Waals surface area contributed by atoms with Gasteiger partial charge in [-0.2, -0.15) is 4.31 Å². The Balaban J connectivity index is 2.75. The summed E-state index contributed by atoms with van der Waals surface area (Å²) in [5, 5.41) is 30.5. The highest BCUT2D eigenvalue weighted by molar-refractivity contribution is 7.89. The number of nitrogens with zero attached hydrogens (tertiary/aromatic N) is 2. The first-order valence-corrected chi connectivity index (χ1v) is 9.82. The number of benzene rings is 1.